The molecule has 0 aromatic heterocycles. The van der Waals surface area contributed by atoms with E-state index in [2.05, 4.69) is 5.32 Å². The number of hydrogen-bond acceptors (Lipinski definition) is 10. The molecule has 11 nitrogen and oxygen atoms in total. The van der Waals surface area contributed by atoms with Crippen LogP contribution in [0, 0.1) is 11.8 Å². The number of carbonyl (C=O) groups excluding carboxylic acids is 3. The van der Waals surface area contributed by atoms with Crippen molar-refractivity contribution in [1.29, 1.82) is 0 Å². The van der Waals surface area contributed by atoms with E-state index in [4.69, 9.17) is 10.5 Å². The fraction of sp³-hybridized carbons (Fsp3) is 0.387. The number of aliphatic hydroxyl groups excluding tert-OH is 2. The highest BCUT2D eigenvalue weighted by Crippen LogP contribution is 2.53. The topological polar surface area (TPSA) is 183 Å². The van der Waals surface area contributed by atoms with Crippen molar-refractivity contribution in [2.45, 2.75) is 37.2 Å². The number of Topliss-reactive ketones (excluding diaryl/α,β-unsaturated/α-hetero) is 2. The van der Waals surface area contributed by atoms with E-state index in [0.29, 0.717) is 28.0 Å². The second-order valence-electron chi connectivity index (χ2n) is 11.7. The lowest BCUT2D eigenvalue weighted by Gasteiger charge is -2.50. The highest BCUT2D eigenvalue weighted by molar-refractivity contribution is 6.25. The minimum Gasteiger partial charge on any atom is -0.510 e. The molecule has 0 aliphatic heterocycles. The summed E-state index contributed by atoms with van der Waals surface area (Å²) in [5, 5.41) is 47.4. The van der Waals surface area contributed by atoms with Crippen molar-refractivity contribution in [3.05, 3.63) is 69.7 Å². The first-order chi connectivity index (χ1) is 21.0. The number of hydrogen-bond donors (Lipinski definition) is 6. The summed E-state index contributed by atoms with van der Waals surface area (Å²) in [6, 6.07) is 6.42. The fourth-order valence-electron chi connectivity index (χ4n) is 6.93. The normalized spacial score (nSPS) is 24.8. The Morgan fingerprint density at radius 2 is 1.82 bits per heavy atom. The van der Waals surface area contributed by atoms with Crippen molar-refractivity contribution < 1.29 is 52.7 Å². The van der Waals surface area contributed by atoms with Crippen LogP contribution >= 0.6 is 0 Å². The number of nitrogens with two attached hydrogens (primary N) is 1. The number of aromatic hydroxyl groups is 1. The van der Waals surface area contributed by atoms with Crippen LogP contribution in [0.3, 0.4) is 0 Å². The maximum Gasteiger partial charge on any atom is 0.401 e. The number of phenols is 1. The number of halogens is 3. The minimum atomic E-state index is -4.41. The van der Waals surface area contributed by atoms with Gasteiger partial charge in [-0.25, -0.2) is 0 Å². The van der Waals surface area contributed by atoms with Crippen molar-refractivity contribution in [2.24, 2.45) is 17.6 Å². The fourth-order valence-corrected chi connectivity index (χ4v) is 6.93. The van der Waals surface area contributed by atoms with Gasteiger partial charge in [0.1, 0.15) is 28.6 Å². The Hall–Kier alpha value is -4.40. The van der Waals surface area contributed by atoms with E-state index in [9.17, 15) is 48.0 Å². The number of nitrogens with zero attached hydrogens (tertiary/aromatic N) is 1. The summed E-state index contributed by atoms with van der Waals surface area (Å²) in [6.07, 6.45) is -4.48. The monoisotopic (exact) mass is 631 g/mol. The molecule has 3 aliphatic carbocycles. The van der Waals surface area contributed by atoms with Gasteiger partial charge in [-0.1, -0.05) is 12.1 Å². The smallest absolute Gasteiger partial charge is 0.401 e. The van der Waals surface area contributed by atoms with Crippen LogP contribution in [0.15, 0.2) is 53.0 Å². The molecule has 0 fully saturated rings. The van der Waals surface area contributed by atoms with Crippen LogP contribution in [-0.2, 0) is 22.6 Å². The second kappa shape index (κ2) is 11.2. The number of benzene rings is 2. The third-order valence-corrected chi connectivity index (χ3v) is 8.81. The van der Waals surface area contributed by atoms with E-state index in [1.807, 2.05) is 0 Å². The van der Waals surface area contributed by atoms with E-state index in [0.717, 1.165) is 0 Å². The van der Waals surface area contributed by atoms with E-state index in [1.165, 1.54) is 32.2 Å². The molecule has 2 aromatic carbocycles. The highest BCUT2D eigenvalue weighted by Gasteiger charge is 2.63. The summed E-state index contributed by atoms with van der Waals surface area (Å²) in [5.74, 6) is -7.27. The number of likely N-dealkylation sites (N-methyl/N-ethyl adjacent to an activating group) is 1. The van der Waals surface area contributed by atoms with Gasteiger partial charge in [-0.05, 0) is 67.7 Å². The number of nitrogens with one attached hydrogen (secondary N) is 1. The largest absolute Gasteiger partial charge is 0.510 e. The molecule has 240 valence electrons. The number of phenolic OH excluding ortho intramolecular Hbond substituents is 1. The SMILES string of the molecule is COc1ccc(CNCC(F)(F)F)cc1-c1ccc(O)c2c1C[C@H]1C[C@H]3[C@H](N(C)C)C(O)=C(C(N)=O)C(=O)[C@@]3(O)C(O)=C1C2=O. The summed E-state index contributed by atoms with van der Waals surface area (Å²) < 4.78 is 43.6. The van der Waals surface area contributed by atoms with Gasteiger partial charge in [0.05, 0.1) is 25.3 Å². The van der Waals surface area contributed by atoms with Gasteiger partial charge in [-0.3, -0.25) is 19.3 Å². The molecule has 4 atom stereocenters. The zero-order valence-corrected chi connectivity index (χ0v) is 24.5. The summed E-state index contributed by atoms with van der Waals surface area (Å²) in [4.78, 5) is 41.1. The molecule has 0 bridgehead atoms. The first kappa shape index (κ1) is 32.0. The zero-order chi connectivity index (χ0) is 33.2. The first-order valence-electron chi connectivity index (χ1n) is 14.0. The van der Waals surface area contributed by atoms with Gasteiger partial charge in [-0.2, -0.15) is 13.2 Å². The van der Waals surface area contributed by atoms with Crippen LogP contribution in [0.2, 0.25) is 0 Å². The van der Waals surface area contributed by atoms with Crippen LogP contribution in [-0.4, -0.2) is 88.4 Å². The van der Waals surface area contributed by atoms with Gasteiger partial charge in [0.2, 0.25) is 5.78 Å². The van der Waals surface area contributed by atoms with Crippen LogP contribution in [0.4, 0.5) is 13.2 Å². The van der Waals surface area contributed by atoms with Gasteiger partial charge >= 0.3 is 6.18 Å². The molecule has 0 spiro atoms. The molecule has 45 heavy (non-hydrogen) atoms. The molecule has 0 unspecified atom stereocenters. The van der Waals surface area contributed by atoms with Gasteiger partial charge in [0.25, 0.3) is 5.91 Å². The molecule has 2 aromatic rings. The maximum atomic E-state index is 14.0. The summed E-state index contributed by atoms with van der Waals surface area (Å²) >= 11 is 0. The third kappa shape index (κ3) is 5.12. The number of carbonyl (C=O) groups is 3. The predicted molar refractivity (Wildman–Crippen MR) is 153 cm³/mol. The van der Waals surface area contributed by atoms with Crippen molar-refractivity contribution in [3.8, 4) is 22.6 Å². The quantitative estimate of drug-likeness (QED) is 0.248. The maximum absolute atomic E-state index is 14.0. The van der Waals surface area contributed by atoms with E-state index >= 15 is 0 Å². The number of ether oxygens (including phenoxy) is 1. The van der Waals surface area contributed by atoms with Gasteiger partial charge in [-0.15, -0.1) is 0 Å². The molecule has 0 saturated heterocycles. The molecule has 1 amide bonds. The van der Waals surface area contributed by atoms with E-state index in [1.54, 1.807) is 24.3 Å². The lowest BCUT2D eigenvalue weighted by molar-refractivity contribution is -0.148. The Bertz CT molecular complexity index is 1680. The second-order valence-corrected chi connectivity index (χ2v) is 11.7. The van der Waals surface area contributed by atoms with Crippen LogP contribution in [0.25, 0.3) is 11.1 Å². The number of alkyl halides is 3. The lowest BCUT2D eigenvalue weighted by Crippen LogP contribution is -2.63. The Morgan fingerprint density at radius 3 is 2.42 bits per heavy atom. The van der Waals surface area contributed by atoms with Crippen molar-refractivity contribution in [3.63, 3.8) is 0 Å². The number of ketones is 2. The first-order valence-corrected chi connectivity index (χ1v) is 14.0. The highest BCUT2D eigenvalue weighted by atomic mass is 19.4. The number of allylic oxidation sites excluding steroid dienone is 1. The molecule has 0 saturated carbocycles. The molecule has 0 heterocycles. The summed E-state index contributed by atoms with van der Waals surface area (Å²) in [5.41, 5.74) is 2.91. The number of methoxy groups -OCH3 is 1. The average Bonchev–Trinajstić information content (AvgIpc) is 2.94. The lowest BCUT2D eigenvalue weighted by atomic mass is 9.58. The van der Waals surface area contributed by atoms with Crippen molar-refractivity contribution in [1.82, 2.24) is 10.2 Å². The van der Waals surface area contributed by atoms with Crippen molar-refractivity contribution >= 4 is 17.5 Å². The van der Waals surface area contributed by atoms with Crippen LogP contribution in [0.5, 0.6) is 11.5 Å². The van der Waals surface area contributed by atoms with Gasteiger partial charge in [0, 0.05) is 23.6 Å². The average molecular weight is 632 g/mol. The summed E-state index contributed by atoms with van der Waals surface area (Å²) in [6.45, 7) is -1.32. The Kier molecular flexibility index (Phi) is 7.96. The zero-order valence-electron chi connectivity index (χ0n) is 24.5. The number of fused-ring (bicyclic) bond motifs is 3. The van der Waals surface area contributed by atoms with E-state index < -0.39 is 76.5 Å². The number of primary amides is 1. The number of aliphatic hydroxyl groups is 3. The molecule has 0 radical (unpaired) electrons. The molecule has 7 N–H and O–H groups in total. The minimum absolute atomic E-state index is 0.0258. The van der Waals surface area contributed by atoms with Crippen molar-refractivity contribution in [2.75, 3.05) is 27.7 Å². The van der Waals surface area contributed by atoms with Gasteiger partial charge < -0.3 is 36.2 Å². The van der Waals surface area contributed by atoms with E-state index in [-0.39, 0.29) is 30.5 Å². The molecule has 3 aliphatic rings. The Balaban J connectivity index is 1.65. The summed E-state index contributed by atoms with van der Waals surface area (Å²) in [7, 11) is 4.47. The standard InChI is InChI=1S/C31H32F3N3O8/c1-37(2)24-18-10-14-9-17-15(16-8-13(4-7-20(16)45-3)11-36-12-30(32,33)34)5-6-19(38)22(17)25(39)21(14)27(41)31(18,44)28(42)23(26(24)40)29(35)43/h4-8,14,18,24,36,38,40-41,44H,9-12H2,1-3H3,(H2,35,43)/t14-,18-,24-,31-/m0/s1. The van der Waals surface area contributed by atoms with Gasteiger partial charge in [0.15, 0.2) is 11.4 Å². The number of amides is 1. The molecule has 5 rings (SSSR count). The number of rotatable bonds is 7. The Labute approximate surface area is 255 Å². The predicted octanol–water partition coefficient (Wildman–Crippen LogP) is 2.45. The van der Waals surface area contributed by atoms with Crippen LogP contribution in [0.1, 0.15) is 27.9 Å². The van der Waals surface area contributed by atoms with Crippen LogP contribution < -0.4 is 15.8 Å². The molecular formula is C31H32F3N3O8. The molecular weight excluding hydrogens is 599 g/mol. The Morgan fingerprint density at radius 1 is 1.13 bits per heavy atom. The third-order valence-electron chi connectivity index (χ3n) is 8.81. The molecule has 14 heteroatoms.